The highest BCUT2D eigenvalue weighted by Crippen LogP contribution is 2.25. The molecular formula is C18H23FN4O3. The first-order valence-electron chi connectivity index (χ1n) is 8.55. The highest BCUT2D eigenvalue weighted by Gasteiger charge is 2.29. The molecule has 0 aliphatic carbocycles. The third-order valence-electron chi connectivity index (χ3n) is 3.94. The number of aromatic nitrogens is 3. The normalized spacial score (nSPS) is 15.3. The summed E-state index contributed by atoms with van der Waals surface area (Å²) in [6.45, 7) is 8.62. The number of fused-ring (bicyclic) bond motifs is 1. The van der Waals surface area contributed by atoms with Gasteiger partial charge in [-0.1, -0.05) is 12.1 Å². The third kappa shape index (κ3) is 3.95. The minimum atomic E-state index is -0.546. The predicted octanol–water partition coefficient (Wildman–Crippen LogP) is 3.31. The van der Waals surface area contributed by atoms with E-state index in [4.69, 9.17) is 9.47 Å². The SMILES string of the molecule is CC(Oc1ccccc1F)c1nnc2n1CCN(C(=O)OC(C)(C)C)C2. The van der Waals surface area contributed by atoms with E-state index < -0.39 is 17.5 Å². The van der Waals surface area contributed by atoms with Gasteiger partial charge in [0.2, 0.25) is 0 Å². The summed E-state index contributed by atoms with van der Waals surface area (Å²) < 4.78 is 26.8. The van der Waals surface area contributed by atoms with Crippen LogP contribution in [0.25, 0.3) is 0 Å². The summed E-state index contributed by atoms with van der Waals surface area (Å²) in [6.07, 6.45) is -0.842. The molecular weight excluding hydrogens is 339 g/mol. The van der Waals surface area contributed by atoms with Crippen molar-refractivity contribution in [3.63, 3.8) is 0 Å². The van der Waals surface area contributed by atoms with E-state index >= 15 is 0 Å². The Bertz CT molecular complexity index is 800. The van der Waals surface area contributed by atoms with Crippen molar-refractivity contribution in [2.24, 2.45) is 0 Å². The molecule has 2 aromatic rings. The van der Waals surface area contributed by atoms with Gasteiger partial charge in [0.1, 0.15) is 5.60 Å². The minimum Gasteiger partial charge on any atom is -0.480 e. The number of rotatable bonds is 3. The van der Waals surface area contributed by atoms with Crippen LogP contribution in [0.5, 0.6) is 5.75 Å². The number of carbonyl (C=O) groups excluding carboxylic acids is 1. The van der Waals surface area contributed by atoms with Gasteiger partial charge in [-0.2, -0.15) is 0 Å². The second-order valence-electron chi connectivity index (χ2n) is 7.22. The van der Waals surface area contributed by atoms with E-state index in [1.54, 1.807) is 30.0 Å². The number of hydrogen-bond donors (Lipinski definition) is 0. The quantitative estimate of drug-likeness (QED) is 0.838. The average molecular weight is 362 g/mol. The summed E-state index contributed by atoms with van der Waals surface area (Å²) in [5, 5.41) is 8.34. The van der Waals surface area contributed by atoms with Crippen LogP contribution in [-0.2, 0) is 17.8 Å². The summed E-state index contributed by atoms with van der Waals surface area (Å²) in [5.41, 5.74) is -0.546. The largest absolute Gasteiger partial charge is 0.480 e. The lowest BCUT2D eigenvalue weighted by Crippen LogP contribution is -2.42. The van der Waals surface area contributed by atoms with Gasteiger partial charge in [0.25, 0.3) is 0 Å². The molecule has 0 spiro atoms. The summed E-state index contributed by atoms with van der Waals surface area (Å²) in [6, 6.07) is 6.24. The van der Waals surface area contributed by atoms with Crippen LogP contribution in [0.3, 0.4) is 0 Å². The molecule has 0 saturated carbocycles. The molecule has 3 rings (SSSR count). The number of carbonyl (C=O) groups is 1. The first-order chi connectivity index (χ1) is 12.2. The van der Waals surface area contributed by atoms with Crippen molar-refractivity contribution >= 4 is 6.09 Å². The fourth-order valence-electron chi connectivity index (χ4n) is 2.75. The van der Waals surface area contributed by atoms with Crippen molar-refractivity contribution < 1.29 is 18.7 Å². The van der Waals surface area contributed by atoms with E-state index in [0.717, 1.165) is 0 Å². The van der Waals surface area contributed by atoms with Crippen molar-refractivity contribution in [3.8, 4) is 5.75 Å². The molecule has 1 aliphatic rings. The Labute approximate surface area is 151 Å². The van der Waals surface area contributed by atoms with Crippen molar-refractivity contribution in [3.05, 3.63) is 41.7 Å². The molecule has 1 aromatic carbocycles. The van der Waals surface area contributed by atoms with Gasteiger partial charge in [-0.3, -0.25) is 4.90 Å². The molecule has 1 aliphatic heterocycles. The zero-order valence-corrected chi connectivity index (χ0v) is 15.4. The third-order valence-corrected chi connectivity index (χ3v) is 3.94. The summed E-state index contributed by atoms with van der Waals surface area (Å²) in [5.74, 6) is 1.01. The molecule has 0 saturated heterocycles. The van der Waals surface area contributed by atoms with Crippen LogP contribution < -0.4 is 4.74 Å². The Morgan fingerprint density at radius 3 is 2.65 bits per heavy atom. The number of hydrogen-bond acceptors (Lipinski definition) is 5. The van der Waals surface area contributed by atoms with Crippen LogP contribution in [0, 0.1) is 5.82 Å². The zero-order valence-electron chi connectivity index (χ0n) is 15.4. The number of ether oxygens (including phenoxy) is 2. The van der Waals surface area contributed by atoms with Gasteiger partial charge in [0.05, 0.1) is 6.54 Å². The maximum Gasteiger partial charge on any atom is 0.410 e. The van der Waals surface area contributed by atoms with Crippen LogP contribution in [0.1, 0.15) is 45.4 Å². The van der Waals surface area contributed by atoms with E-state index in [2.05, 4.69) is 10.2 Å². The van der Waals surface area contributed by atoms with Gasteiger partial charge in [-0.15, -0.1) is 10.2 Å². The Hall–Kier alpha value is -2.64. The zero-order chi connectivity index (χ0) is 18.9. The molecule has 7 nitrogen and oxygen atoms in total. The van der Waals surface area contributed by atoms with Crippen molar-refractivity contribution in [2.45, 2.75) is 52.5 Å². The van der Waals surface area contributed by atoms with E-state index in [1.807, 2.05) is 25.3 Å². The minimum absolute atomic E-state index is 0.170. The van der Waals surface area contributed by atoms with Crippen molar-refractivity contribution in [2.75, 3.05) is 6.54 Å². The lowest BCUT2D eigenvalue weighted by molar-refractivity contribution is 0.0192. The standard InChI is InChI=1S/C18H23FN4O3/c1-12(25-14-8-6-5-7-13(14)19)16-21-20-15-11-22(9-10-23(15)16)17(24)26-18(2,3)4/h5-8,12H,9-11H2,1-4H3. The molecule has 1 atom stereocenters. The van der Waals surface area contributed by atoms with Gasteiger partial charge < -0.3 is 14.0 Å². The summed E-state index contributed by atoms with van der Waals surface area (Å²) in [4.78, 5) is 13.8. The molecule has 1 aromatic heterocycles. The van der Waals surface area contributed by atoms with Gasteiger partial charge in [0.15, 0.2) is 29.3 Å². The fourth-order valence-corrected chi connectivity index (χ4v) is 2.75. The molecule has 1 amide bonds. The Kier molecular flexibility index (Phi) is 4.84. The second-order valence-corrected chi connectivity index (χ2v) is 7.22. The second kappa shape index (κ2) is 6.93. The van der Waals surface area contributed by atoms with Crippen LogP contribution in [0.15, 0.2) is 24.3 Å². The molecule has 0 radical (unpaired) electrons. The molecule has 0 fully saturated rings. The average Bonchev–Trinajstić information content (AvgIpc) is 2.98. The predicted molar refractivity (Wildman–Crippen MR) is 92.1 cm³/mol. The molecule has 8 heteroatoms. The smallest absolute Gasteiger partial charge is 0.410 e. The maximum atomic E-state index is 13.8. The van der Waals surface area contributed by atoms with Crippen LogP contribution in [0.4, 0.5) is 9.18 Å². The Morgan fingerprint density at radius 1 is 1.23 bits per heavy atom. The lowest BCUT2D eigenvalue weighted by atomic mass is 10.2. The fraction of sp³-hybridized carbons (Fsp3) is 0.500. The van der Waals surface area contributed by atoms with Crippen molar-refractivity contribution in [1.29, 1.82) is 0 Å². The molecule has 0 bridgehead atoms. The first kappa shape index (κ1) is 18.2. The van der Waals surface area contributed by atoms with Gasteiger partial charge in [-0.05, 0) is 39.8 Å². The van der Waals surface area contributed by atoms with Gasteiger partial charge in [-0.25, -0.2) is 9.18 Å². The molecule has 26 heavy (non-hydrogen) atoms. The lowest BCUT2D eigenvalue weighted by Gasteiger charge is -2.30. The van der Waals surface area contributed by atoms with Crippen LogP contribution in [-0.4, -0.2) is 37.9 Å². The molecule has 140 valence electrons. The monoisotopic (exact) mass is 362 g/mol. The van der Waals surface area contributed by atoms with Crippen molar-refractivity contribution in [1.82, 2.24) is 19.7 Å². The van der Waals surface area contributed by atoms with Crippen LogP contribution in [0.2, 0.25) is 0 Å². The molecule has 0 N–H and O–H groups in total. The van der Waals surface area contributed by atoms with Gasteiger partial charge in [0, 0.05) is 13.1 Å². The number of benzene rings is 1. The van der Waals surface area contributed by atoms with E-state index in [9.17, 15) is 9.18 Å². The van der Waals surface area contributed by atoms with Gasteiger partial charge >= 0.3 is 6.09 Å². The number of amides is 1. The summed E-state index contributed by atoms with van der Waals surface area (Å²) >= 11 is 0. The molecule has 1 unspecified atom stereocenters. The van der Waals surface area contributed by atoms with E-state index in [0.29, 0.717) is 31.3 Å². The topological polar surface area (TPSA) is 69.5 Å². The number of nitrogens with zero attached hydrogens (tertiary/aromatic N) is 4. The van der Waals surface area contributed by atoms with E-state index in [1.165, 1.54) is 6.07 Å². The highest BCUT2D eigenvalue weighted by atomic mass is 19.1. The molecule has 2 heterocycles. The first-order valence-corrected chi connectivity index (χ1v) is 8.55. The Balaban J connectivity index is 1.71. The Morgan fingerprint density at radius 2 is 1.96 bits per heavy atom. The maximum absolute atomic E-state index is 13.8. The highest BCUT2D eigenvalue weighted by molar-refractivity contribution is 5.68. The number of halogens is 1. The number of para-hydroxylation sites is 1. The van der Waals surface area contributed by atoms with E-state index in [-0.39, 0.29) is 11.8 Å². The van der Waals surface area contributed by atoms with Crippen LogP contribution >= 0.6 is 0 Å². The summed E-state index contributed by atoms with van der Waals surface area (Å²) in [7, 11) is 0.